The van der Waals surface area contributed by atoms with Crippen LogP contribution < -0.4 is 0 Å². The van der Waals surface area contributed by atoms with Gasteiger partial charge in [0.25, 0.3) is 0 Å². The van der Waals surface area contributed by atoms with E-state index in [4.69, 9.17) is 4.74 Å². The van der Waals surface area contributed by atoms with Gasteiger partial charge in [-0.05, 0) is 30.8 Å². The van der Waals surface area contributed by atoms with Crippen molar-refractivity contribution < 1.29 is 14.9 Å². The van der Waals surface area contributed by atoms with Crippen molar-refractivity contribution in [3.05, 3.63) is 22.4 Å². The Morgan fingerprint density at radius 1 is 1.47 bits per heavy atom. The molecule has 1 saturated heterocycles. The Bertz CT molecular complexity index is 344. The number of aliphatic hydroxyl groups excluding tert-OH is 2. The summed E-state index contributed by atoms with van der Waals surface area (Å²) < 4.78 is 5.52. The largest absolute Gasteiger partial charge is 0.395 e. The molecule has 0 spiro atoms. The minimum absolute atomic E-state index is 0.183. The van der Waals surface area contributed by atoms with Gasteiger partial charge in [-0.25, -0.2) is 0 Å². The number of rotatable bonds is 7. The summed E-state index contributed by atoms with van der Waals surface area (Å²) in [4.78, 5) is 3.36. The predicted octanol–water partition coefficient (Wildman–Crippen LogP) is 1.47. The number of hydrogen-bond donors (Lipinski definition) is 2. The lowest BCUT2D eigenvalue weighted by Gasteiger charge is -2.35. The first-order valence-corrected chi connectivity index (χ1v) is 7.80. The number of thiophene rings is 1. The lowest BCUT2D eigenvalue weighted by atomic mass is 10.0. The van der Waals surface area contributed by atoms with Crippen LogP contribution in [0.15, 0.2) is 17.5 Å². The van der Waals surface area contributed by atoms with E-state index in [0.717, 1.165) is 19.4 Å². The molecule has 4 nitrogen and oxygen atoms in total. The average molecular weight is 285 g/mol. The second-order valence-corrected chi connectivity index (χ2v) is 6.11. The predicted molar refractivity (Wildman–Crippen MR) is 76.3 cm³/mol. The van der Waals surface area contributed by atoms with E-state index in [0.29, 0.717) is 19.8 Å². The van der Waals surface area contributed by atoms with Gasteiger partial charge in [0, 0.05) is 17.5 Å². The van der Waals surface area contributed by atoms with E-state index >= 15 is 0 Å². The average Bonchev–Trinajstić information content (AvgIpc) is 2.92. The van der Waals surface area contributed by atoms with Crippen LogP contribution in [-0.4, -0.2) is 53.6 Å². The zero-order valence-electron chi connectivity index (χ0n) is 11.2. The second-order valence-electron chi connectivity index (χ2n) is 5.08. The number of β-amino-alcohol motifs (C(OH)–C–C–N with tert-alkyl or cyclic N) is 1. The molecule has 108 valence electrons. The minimum atomic E-state index is -0.480. The first-order valence-electron chi connectivity index (χ1n) is 6.92. The van der Waals surface area contributed by atoms with Crippen LogP contribution in [0.1, 0.15) is 24.1 Å². The molecule has 2 rings (SSSR count). The Morgan fingerprint density at radius 2 is 2.37 bits per heavy atom. The number of aliphatic hydroxyl groups is 2. The van der Waals surface area contributed by atoms with Gasteiger partial charge in [0.05, 0.1) is 25.9 Å². The highest BCUT2D eigenvalue weighted by molar-refractivity contribution is 7.09. The summed E-state index contributed by atoms with van der Waals surface area (Å²) in [6.45, 7) is 2.66. The normalized spacial score (nSPS) is 22.5. The van der Waals surface area contributed by atoms with Crippen LogP contribution >= 0.6 is 11.3 Å². The van der Waals surface area contributed by atoms with Crippen molar-refractivity contribution in [1.29, 1.82) is 0 Å². The van der Waals surface area contributed by atoms with Gasteiger partial charge in [0.1, 0.15) is 0 Å². The molecule has 19 heavy (non-hydrogen) atoms. The van der Waals surface area contributed by atoms with Crippen molar-refractivity contribution >= 4 is 11.3 Å². The maximum absolute atomic E-state index is 10.00. The van der Waals surface area contributed by atoms with Gasteiger partial charge in [-0.2, -0.15) is 0 Å². The molecule has 0 amide bonds. The molecule has 0 aliphatic carbocycles. The molecule has 0 aromatic carbocycles. The van der Waals surface area contributed by atoms with E-state index in [9.17, 15) is 10.2 Å². The summed E-state index contributed by atoms with van der Waals surface area (Å²) in [6, 6.07) is 4.24. The van der Waals surface area contributed by atoms with Crippen molar-refractivity contribution in [3.63, 3.8) is 0 Å². The fourth-order valence-corrected chi connectivity index (χ4v) is 3.16. The first kappa shape index (κ1) is 14.9. The number of piperidine rings is 1. The molecule has 2 N–H and O–H groups in total. The molecule has 0 bridgehead atoms. The van der Waals surface area contributed by atoms with Gasteiger partial charge < -0.3 is 14.9 Å². The third-order valence-corrected chi connectivity index (χ3v) is 4.39. The number of nitrogens with zero attached hydrogens (tertiary/aromatic N) is 1. The summed E-state index contributed by atoms with van der Waals surface area (Å²) in [5.41, 5.74) is 0. The Labute approximate surface area is 118 Å². The molecule has 1 fully saturated rings. The van der Waals surface area contributed by atoms with Crippen LogP contribution in [-0.2, 0) is 11.3 Å². The molecule has 1 aliphatic rings. The van der Waals surface area contributed by atoms with Gasteiger partial charge in [-0.15, -0.1) is 11.3 Å². The molecular weight excluding hydrogens is 262 g/mol. The highest BCUT2D eigenvalue weighted by Gasteiger charge is 2.23. The van der Waals surface area contributed by atoms with E-state index < -0.39 is 6.10 Å². The highest BCUT2D eigenvalue weighted by Crippen LogP contribution is 2.17. The summed E-state index contributed by atoms with van der Waals surface area (Å²) in [5, 5.41) is 21.3. The lowest BCUT2D eigenvalue weighted by Crippen LogP contribution is -2.46. The van der Waals surface area contributed by atoms with Gasteiger partial charge in [0.15, 0.2) is 0 Å². The maximum Gasteiger partial charge on any atom is 0.0900 e. The molecule has 0 saturated carbocycles. The van der Waals surface area contributed by atoms with Crippen molar-refractivity contribution in [2.75, 3.05) is 26.3 Å². The Kier molecular flexibility index (Phi) is 6.26. The highest BCUT2D eigenvalue weighted by atomic mass is 32.1. The van der Waals surface area contributed by atoms with Crippen molar-refractivity contribution in [3.8, 4) is 0 Å². The fraction of sp³-hybridized carbons (Fsp3) is 0.714. The van der Waals surface area contributed by atoms with Crippen molar-refractivity contribution in [2.45, 2.75) is 38.0 Å². The Morgan fingerprint density at radius 3 is 3.11 bits per heavy atom. The molecule has 5 heteroatoms. The number of likely N-dealkylation sites (tertiary alicyclic amines) is 1. The number of hydrogen-bond acceptors (Lipinski definition) is 5. The molecular formula is C14H23NO3S. The second kappa shape index (κ2) is 7.97. The maximum atomic E-state index is 10.00. The summed E-state index contributed by atoms with van der Waals surface area (Å²) in [5.74, 6) is 0. The molecule has 1 aromatic rings. The van der Waals surface area contributed by atoms with Crippen LogP contribution in [0.3, 0.4) is 0 Å². The van der Waals surface area contributed by atoms with Crippen LogP contribution in [0.4, 0.5) is 0 Å². The number of ether oxygens (including phenoxy) is 1. The summed E-state index contributed by atoms with van der Waals surface area (Å²) in [6.07, 6.45) is 2.87. The zero-order valence-corrected chi connectivity index (χ0v) is 12.0. The van der Waals surface area contributed by atoms with E-state index in [-0.39, 0.29) is 12.6 Å². The lowest BCUT2D eigenvalue weighted by molar-refractivity contribution is -0.0101. The van der Waals surface area contributed by atoms with E-state index in [1.807, 2.05) is 17.5 Å². The summed E-state index contributed by atoms with van der Waals surface area (Å²) in [7, 11) is 0. The molecule has 1 aromatic heterocycles. The van der Waals surface area contributed by atoms with E-state index in [1.54, 1.807) is 11.3 Å². The third kappa shape index (κ3) is 4.85. The van der Waals surface area contributed by atoms with Gasteiger partial charge >= 0.3 is 0 Å². The molecule has 1 unspecified atom stereocenters. The molecule has 0 radical (unpaired) electrons. The van der Waals surface area contributed by atoms with Crippen LogP contribution in [0.25, 0.3) is 0 Å². The molecule has 2 atom stereocenters. The van der Waals surface area contributed by atoms with Crippen molar-refractivity contribution in [1.82, 2.24) is 4.90 Å². The Hall–Kier alpha value is -0.460. The molecule has 1 aliphatic heterocycles. The van der Waals surface area contributed by atoms with Crippen LogP contribution in [0, 0.1) is 0 Å². The minimum Gasteiger partial charge on any atom is -0.395 e. The van der Waals surface area contributed by atoms with E-state index in [2.05, 4.69) is 4.90 Å². The first-order chi connectivity index (χ1) is 9.29. The quantitative estimate of drug-likeness (QED) is 0.796. The standard InChI is InChI=1S/C14H23NO3S/c16-9-12-4-1-2-6-15(12)8-13(17)10-18-11-14-5-3-7-19-14/h3,5,7,12-13,16-17H,1-2,4,6,8-11H2/t12-,13?/m1/s1. The smallest absolute Gasteiger partial charge is 0.0900 e. The van der Waals surface area contributed by atoms with Gasteiger partial charge in [-0.3, -0.25) is 4.90 Å². The fourth-order valence-electron chi connectivity index (χ4n) is 2.52. The third-order valence-electron chi connectivity index (χ3n) is 3.54. The SMILES string of the molecule is OC[C@H]1CCCCN1CC(O)COCc1cccs1. The zero-order chi connectivity index (χ0) is 13.5. The molecule has 2 heterocycles. The van der Waals surface area contributed by atoms with Crippen LogP contribution in [0.2, 0.25) is 0 Å². The Balaban J connectivity index is 1.66. The topological polar surface area (TPSA) is 52.9 Å². The van der Waals surface area contributed by atoms with Gasteiger partial charge in [0.2, 0.25) is 0 Å². The summed E-state index contributed by atoms with van der Waals surface area (Å²) >= 11 is 1.66. The van der Waals surface area contributed by atoms with Crippen molar-refractivity contribution in [2.24, 2.45) is 0 Å². The van der Waals surface area contributed by atoms with Crippen LogP contribution in [0.5, 0.6) is 0 Å². The van der Waals surface area contributed by atoms with E-state index in [1.165, 1.54) is 11.3 Å². The van der Waals surface area contributed by atoms with Gasteiger partial charge in [-0.1, -0.05) is 12.5 Å². The monoisotopic (exact) mass is 285 g/mol.